The summed E-state index contributed by atoms with van der Waals surface area (Å²) in [6, 6.07) is 16.6. The number of pyridine rings is 1. The second-order valence-corrected chi connectivity index (χ2v) is 7.91. The van der Waals surface area contributed by atoms with Gasteiger partial charge in [0.2, 0.25) is 0 Å². The highest BCUT2D eigenvalue weighted by Crippen LogP contribution is 2.37. The lowest BCUT2D eigenvalue weighted by Crippen LogP contribution is -2.22. The van der Waals surface area contributed by atoms with Crippen molar-refractivity contribution < 1.29 is 23.7 Å². The van der Waals surface area contributed by atoms with Gasteiger partial charge in [-0.25, -0.2) is 9.78 Å². The van der Waals surface area contributed by atoms with Crippen LogP contribution in [0.2, 0.25) is 0 Å². The fourth-order valence-electron chi connectivity index (χ4n) is 4.19. The van der Waals surface area contributed by atoms with Gasteiger partial charge in [-0.2, -0.15) is 0 Å². The normalized spacial score (nSPS) is 13.5. The van der Waals surface area contributed by atoms with Gasteiger partial charge >= 0.3 is 5.97 Å². The smallest absolute Gasteiger partial charge is 0.339 e. The third-order valence-electron chi connectivity index (χ3n) is 5.71. The second kappa shape index (κ2) is 9.22. The summed E-state index contributed by atoms with van der Waals surface area (Å²) in [5.74, 6) is -0.642. The van der Waals surface area contributed by atoms with Gasteiger partial charge in [0, 0.05) is 11.5 Å². The number of nitro groups is 1. The van der Waals surface area contributed by atoms with Crippen molar-refractivity contribution in [2.75, 3.05) is 11.9 Å². The summed E-state index contributed by atoms with van der Waals surface area (Å²) < 4.78 is 10.8. The number of esters is 1. The van der Waals surface area contributed by atoms with Crippen LogP contribution >= 0.6 is 0 Å². The first-order valence-electron chi connectivity index (χ1n) is 10.9. The molecule has 2 aromatic heterocycles. The Hall–Kier alpha value is -4.79. The number of carbonyl (C=O) groups is 2. The topological polar surface area (TPSA) is 125 Å². The zero-order valence-electron chi connectivity index (χ0n) is 18.4. The minimum Gasteiger partial charge on any atom is -0.465 e. The summed E-state index contributed by atoms with van der Waals surface area (Å²) in [5, 5.41) is 14.2. The SMILES string of the molecule is O=C(COC(=O)c1c2c(nc3ccccc13)C(=Cc1ccco1)CC2)Nc1ccccc1[N+](=O)[O-]. The average molecular weight is 469 g/mol. The molecule has 0 spiro atoms. The van der Waals surface area contributed by atoms with Gasteiger partial charge in [-0.1, -0.05) is 30.3 Å². The van der Waals surface area contributed by atoms with E-state index in [9.17, 15) is 19.7 Å². The number of rotatable bonds is 6. The number of nitrogens with one attached hydrogen (secondary N) is 1. The largest absolute Gasteiger partial charge is 0.465 e. The molecule has 0 unspecified atom stereocenters. The molecule has 2 heterocycles. The Bertz CT molecular complexity index is 1490. The van der Waals surface area contributed by atoms with Gasteiger partial charge in [-0.15, -0.1) is 0 Å². The number of benzene rings is 2. The van der Waals surface area contributed by atoms with E-state index in [0.717, 1.165) is 11.1 Å². The van der Waals surface area contributed by atoms with Crippen LogP contribution in [0, 0.1) is 10.1 Å². The van der Waals surface area contributed by atoms with Crippen LogP contribution < -0.4 is 5.32 Å². The van der Waals surface area contributed by atoms with E-state index in [4.69, 9.17) is 14.1 Å². The van der Waals surface area contributed by atoms with Crippen LogP contribution in [0.25, 0.3) is 22.6 Å². The summed E-state index contributed by atoms with van der Waals surface area (Å²) in [4.78, 5) is 41.0. The Kier molecular flexibility index (Phi) is 5.80. The van der Waals surface area contributed by atoms with Crippen LogP contribution in [0.1, 0.15) is 33.8 Å². The third kappa shape index (κ3) is 4.39. The number of ether oxygens (including phenoxy) is 1. The van der Waals surface area contributed by atoms with Crippen molar-refractivity contribution >= 4 is 45.8 Å². The molecule has 0 saturated heterocycles. The molecule has 2 aromatic carbocycles. The summed E-state index contributed by atoms with van der Waals surface area (Å²) in [6.07, 6.45) is 4.77. The predicted octanol–water partition coefficient (Wildman–Crippen LogP) is 5.02. The number of nitrogens with zero attached hydrogens (tertiary/aromatic N) is 2. The van der Waals surface area contributed by atoms with Gasteiger partial charge in [0.05, 0.1) is 28.0 Å². The zero-order valence-corrected chi connectivity index (χ0v) is 18.4. The van der Waals surface area contributed by atoms with E-state index in [1.54, 1.807) is 24.5 Å². The van der Waals surface area contributed by atoms with Gasteiger partial charge in [-0.05, 0) is 54.3 Å². The number of hydrogen-bond acceptors (Lipinski definition) is 7. The molecule has 9 nitrogen and oxygen atoms in total. The minimum absolute atomic E-state index is 0.0292. The number of fused-ring (bicyclic) bond motifs is 2. The Morgan fingerprint density at radius 1 is 1.09 bits per heavy atom. The number of anilines is 1. The summed E-state index contributed by atoms with van der Waals surface area (Å²) >= 11 is 0. The van der Waals surface area contributed by atoms with Gasteiger partial charge in [0.15, 0.2) is 6.61 Å². The fraction of sp³-hybridized carbons (Fsp3) is 0.115. The third-order valence-corrected chi connectivity index (χ3v) is 5.71. The average Bonchev–Trinajstić information content (AvgIpc) is 3.52. The number of nitro benzene ring substituents is 1. The number of carbonyl (C=O) groups excluding carboxylic acids is 2. The van der Waals surface area contributed by atoms with Crippen molar-refractivity contribution in [1.82, 2.24) is 4.98 Å². The summed E-state index contributed by atoms with van der Waals surface area (Å²) in [6.45, 7) is -0.592. The van der Waals surface area contributed by atoms with Crippen LogP contribution in [0.5, 0.6) is 0 Å². The highest BCUT2D eigenvalue weighted by atomic mass is 16.6. The van der Waals surface area contributed by atoms with Gasteiger partial charge < -0.3 is 14.5 Å². The quantitative estimate of drug-likeness (QED) is 0.239. The molecule has 4 aromatic rings. The minimum atomic E-state index is -0.680. The predicted molar refractivity (Wildman–Crippen MR) is 129 cm³/mol. The lowest BCUT2D eigenvalue weighted by molar-refractivity contribution is -0.383. The standard InChI is InChI=1S/C26H19N3O6/c30-23(27-21-9-3-4-10-22(21)29(32)33)15-35-26(31)24-18-7-1-2-8-20(18)28-25-16(11-12-19(24)25)14-17-6-5-13-34-17/h1-10,13-14H,11-12,15H2,(H,27,30). The molecule has 1 aliphatic carbocycles. The Morgan fingerprint density at radius 3 is 2.69 bits per heavy atom. The maximum absolute atomic E-state index is 13.2. The number of hydrogen-bond donors (Lipinski definition) is 1. The fourth-order valence-corrected chi connectivity index (χ4v) is 4.19. The van der Waals surface area contributed by atoms with Crippen molar-refractivity contribution in [3.05, 3.63) is 99.6 Å². The molecule has 0 radical (unpaired) electrons. The molecular formula is C26H19N3O6. The van der Waals surface area contributed by atoms with E-state index in [2.05, 4.69) is 5.32 Å². The van der Waals surface area contributed by atoms with E-state index in [1.165, 1.54) is 18.2 Å². The lowest BCUT2D eigenvalue weighted by Gasteiger charge is -2.12. The lowest BCUT2D eigenvalue weighted by atomic mass is 10.0. The van der Waals surface area contributed by atoms with E-state index in [0.29, 0.717) is 40.8 Å². The van der Waals surface area contributed by atoms with E-state index >= 15 is 0 Å². The number of allylic oxidation sites excluding steroid dienone is 1. The molecule has 1 N–H and O–H groups in total. The molecule has 0 bridgehead atoms. The number of furan rings is 1. The first kappa shape index (κ1) is 22.0. The Balaban J connectivity index is 1.41. The molecule has 0 fully saturated rings. The van der Waals surface area contributed by atoms with E-state index in [-0.39, 0.29) is 11.4 Å². The Labute approximate surface area is 199 Å². The van der Waals surface area contributed by atoms with Crippen molar-refractivity contribution in [1.29, 1.82) is 0 Å². The monoisotopic (exact) mass is 469 g/mol. The van der Waals surface area contributed by atoms with Gasteiger partial charge in [0.1, 0.15) is 11.4 Å². The van der Waals surface area contributed by atoms with Crippen LogP contribution in [0.4, 0.5) is 11.4 Å². The van der Waals surface area contributed by atoms with E-state index < -0.39 is 23.4 Å². The van der Waals surface area contributed by atoms with Crippen LogP contribution in [-0.2, 0) is 16.0 Å². The first-order valence-corrected chi connectivity index (χ1v) is 10.9. The molecule has 5 rings (SSSR count). The van der Waals surface area contributed by atoms with Gasteiger partial charge in [0.25, 0.3) is 11.6 Å². The highest BCUT2D eigenvalue weighted by molar-refractivity contribution is 6.08. The number of amides is 1. The Morgan fingerprint density at radius 2 is 1.89 bits per heavy atom. The van der Waals surface area contributed by atoms with Crippen molar-refractivity contribution in [2.24, 2.45) is 0 Å². The molecule has 174 valence electrons. The maximum Gasteiger partial charge on any atom is 0.339 e. The molecule has 0 saturated carbocycles. The van der Waals surface area contributed by atoms with E-state index in [1.807, 2.05) is 30.3 Å². The molecular weight excluding hydrogens is 450 g/mol. The molecule has 0 aliphatic heterocycles. The molecule has 0 atom stereocenters. The summed E-state index contributed by atoms with van der Waals surface area (Å²) in [7, 11) is 0. The van der Waals surface area contributed by atoms with Crippen LogP contribution in [-0.4, -0.2) is 28.4 Å². The molecule has 1 aliphatic rings. The first-order chi connectivity index (χ1) is 17.0. The zero-order chi connectivity index (χ0) is 24.4. The summed E-state index contributed by atoms with van der Waals surface area (Å²) in [5.41, 5.74) is 3.19. The van der Waals surface area contributed by atoms with Gasteiger partial charge in [-0.3, -0.25) is 14.9 Å². The van der Waals surface area contributed by atoms with Crippen molar-refractivity contribution in [3.8, 4) is 0 Å². The molecule has 9 heteroatoms. The second-order valence-electron chi connectivity index (χ2n) is 7.91. The van der Waals surface area contributed by atoms with Crippen LogP contribution in [0.15, 0.2) is 71.3 Å². The van der Waals surface area contributed by atoms with Crippen LogP contribution in [0.3, 0.4) is 0 Å². The number of aromatic nitrogens is 1. The molecule has 35 heavy (non-hydrogen) atoms. The maximum atomic E-state index is 13.2. The molecule has 1 amide bonds. The highest BCUT2D eigenvalue weighted by Gasteiger charge is 2.28. The van der Waals surface area contributed by atoms with Crippen molar-refractivity contribution in [2.45, 2.75) is 12.8 Å². The number of para-hydroxylation sites is 3. The van der Waals surface area contributed by atoms with Crippen molar-refractivity contribution in [3.63, 3.8) is 0 Å².